The van der Waals surface area contributed by atoms with Gasteiger partial charge in [0.25, 0.3) is 0 Å². The summed E-state index contributed by atoms with van der Waals surface area (Å²) >= 11 is 0. The lowest BCUT2D eigenvalue weighted by atomic mass is 9.80. The molecule has 2 aromatic carbocycles. The summed E-state index contributed by atoms with van der Waals surface area (Å²) in [6, 6.07) is 11.4. The molecule has 1 aromatic heterocycles. The van der Waals surface area contributed by atoms with Gasteiger partial charge in [-0.25, -0.2) is 9.78 Å². The zero-order chi connectivity index (χ0) is 23.3. The van der Waals surface area contributed by atoms with Crippen LogP contribution in [0.25, 0.3) is 10.9 Å². The van der Waals surface area contributed by atoms with Gasteiger partial charge in [-0.05, 0) is 40.2 Å². The van der Waals surface area contributed by atoms with E-state index in [2.05, 4.69) is 58.7 Å². The van der Waals surface area contributed by atoms with Crippen molar-refractivity contribution in [1.82, 2.24) is 4.98 Å². The topological polar surface area (TPSA) is 77.9 Å². The first-order valence-corrected chi connectivity index (χ1v) is 10.7. The quantitative estimate of drug-likeness (QED) is 0.555. The molecule has 0 bridgehead atoms. The maximum absolute atomic E-state index is 11.9. The van der Waals surface area contributed by atoms with Gasteiger partial charge in [0.05, 0.1) is 16.8 Å². The Morgan fingerprint density at radius 2 is 1.69 bits per heavy atom. The minimum absolute atomic E-state index is 0.0148. The first-order chi connectivity index (χ1) is 14.9. The molecule has 0 amide bonds. The van der Waals surface area contributed by atoms with Crippen LogP contribution in [0.3, 0.4) is 0 Å². The number of carbonyl (C=O) groups is 1. The van der Waals surface area contributed by atoms with Gasteiger partial charge < -0.3 is 19.3 Å². The standard InChI is InChI=1S/C26H29NO5/c1-25(2,3)16-7-8-21(18(11-16)26(4,5)6)30-13-20-17(24(28)29)9-15-10-22-23(32-14-31-22)12-19(15)27-20/h7-12H,13-14H2,1-6H3,(H,28,29). The third kappa shape index (κ3) is 4.22. The number of fused-ring (bicyclic) bond motifs is 2. The van der Waals surface area contributed by atoms with E-state index in [1.54, 1.807) is 18.2 Å². The van der Waals surface area contributed by atoms with Crippen LogP contribution in [0.2, 0.25) is 0 Å². The van der Waals surface area contributed by atoms with Crippen LogP contribution in [0, 0.1) is 0 Å². The summed E-state index contributed by atoms with van der Waals surface area (Å²) in [5.41, 5.74) is 3.29. The molecule has 6 nitrogen and oxygen atoms in total. The van der Waals surface area contributed by atoms with Crippen molar-refractivity contribution >= 4 is 16.9 Å². The van der Waals surface area contributed by atoms with Crippen molar-refractivity contribution in [3.8, 4) is 17.2 Å². The highest BCUT2D eigenvalue weighted by Crippen LogP contribution is 2.37. The summed E-state index contributed by atoms with van der Waals surface area (Å²) in [5.74, 6) is 0.880. The molecule has 1 N–H and O–H groups in total. The van der Waals surface area contributed by atoms with Gasteiger partial charge in [-0.3, -0.25) is 0 Å². The lowest BCUT2D eigenvalue weighted by Crippen LogP contribution is -2.18. The Kier molecular flexibility index (Phi) is 5.27. The molecular weight excluding hydrogens is 406 g/mol. The van der Waals surface area contributed by atoms with E-state index in [1.807, 2.05) is 6.07 Å². The molecule has 6 heteroatoms. The minimum atomic E-state index is -1.05. The zero-order valence-corrected chi connectivity index (χ0v) is 19.4. The fourth-order valence-corrected chi connectivity index (χ4v) is 3.75. The molecule has 0 spiro atoms. The molecule has 0 saturated heterocycles. The summed E-state index contributed by atoms with van der Waals surface area (Å²) in [6.45, 7) is 13.2. The first-order valence-electron chi connectivity index (χ1n) is 10.7. The van der Waals surface area contributed by atoms with Crippen molar-refractivity contribution in [2.24, 2.45) is 0 Å². The van der Waals surface area contributed by atoms with E-state index in [4.69, 9.17) is 14.2 Å². The molecule has 3 aromatic rings. The van der Waals surface area contributed by atoms with Crippen LogP contribution < -0.4 is 14.2 Å². The van der Waals surface area contributed by atoms with E-state index in [0.717, 1.165) is 11.3 Å². The highest BCUT2D eigenvalue weighted by molar-refractivity contribution is 5.95. The van der Waals surface area contributed by atoms with Crippen molar-refractivity contribution < 1.29 is 24.1 Å². The number of carboxylic acids is 1. The van der Waals surface area contributed by atoms with Gasteiger partial charge in [-0.15, -0.1) is 0 Å². The minimum Gasteiger partial charge on any atom is -0.487 e. The van der Waals surface area contributed by atoms with E-state index < -0.39 is 5.97 Å². The van der Waals surface area contributed by atoms with Crippen molar-refractivity contribution in [3.63, 3.8) is 0 Å². The number of rotatable bonds is 4. The lowest BCUT2D eigenvalue weighted by molar-refractivity contribution is 0.0693. The Morgan fingerprint density at radius 3 is 2.31 bits per heavy atom. The smallest absolute Gasteiger partial charge is 0.337 e. The van der Waals surface area contributed by atoms with Crippen LogP contribution >= 0.6 is 0 Å². The second-order valence-corrected chi connectivity index (χ2v) is 10.2. The monoisotopic (exact) mass is 435 g/mol. The highest BCUT2D eigenvalue weighted by atomic mass is 16.7. The molecule has 0 radical (unpaired) electrons. The zero-order valence-electron chi connectivity index (χ0n) is 19.4. The van der Waals surface area contributed by atoms with Crippen LogP contribution in [0.1, 0.15) is 68.7 Å². The van der Waals surface area contributed by atoms with Gasteiger partial charge in [0.1, 0.15) is 12.4 Å². The van der Waals surface area contributed by atoms with Crippen LogP contribution in [0.5, 0.6) is 17.2 Å². The number of hydrogen-bond acceptors (Lipinski definition) is 5. The number of hydrogen-bond donors (Lipinski definition) is 1. The fraction of sp³-hybridized carbons (Fsp3) is 0.385. The second-order valence-electron chi connectivity index (χ2n) is 10.2. The van der Waals surface area contributed by atoms with Gasteiger partial charge in [-0.2, -0.15) is 0 Å². The molecule has 0 fully saturated rings. The van der Waals surface area contributed by atoms with Gasteiger partial charge in [0, 0.05) is 11.5 Å². The average Bonchev–Trinajstić information content (AvgIpc) is 3.15. The van der Waals surface area contributed by atoms with E-state index in [1.165, 1.54) is 5.56 Å². The normalized spacial score (nSPS) is 13.4. The van der Waals surface area contributed by atoms with E-state index in [-0.39, 0.29) is 29.8 Å². The van der Waals surface area contributed by atoms with Gasteiger partial charge in [0.2, 0.25) is 6.79 Å². The van der Waals surface area contributed by atoms with Crippen LogP contribution in [-0.4, -0.2) is 22.9 Å². The molecule has 0 unspecified atom stereocenters. The van der Waals surface area contributed by atoms with Crippen molar-refractivity contribution in [1.29, 1.82) is 0 Å². The van der Waals surface area contributed by atoms with Gasteiger partial charge >= 0.3 is 5.97 Å². The third-order valence-corrected chi connectivity index (χ3v) is 5.64. The van der Waals surface area contributed by atoms with E-state index >= 15 is 0 Å². The van der Waals surface area contributed by atoms with Crippen LogP contribution in [-0.2, 0) is 17.4 Å². The molecule has 2 heterocycles. The lowest BCUT2D eigenvalue weighted by Gasteiger charge is -2.27. The number of benzene rings is 2. The third-order valence-electron chi connectivity index (χ3n) is 5.64. The molecule has 0 atom stereocenters. The summed E-state index contributed by atoms with van der Waals surface area (Å²) in [7, 11) is 0. The summed E-state index contributed by atoms with van der Waals surface area (Å²) < 4.78 is 17.0. The number of pyridine rings is 1. The number of aromatic carboxylic acids is 1. The predicted octanol–water partition coefficient (Wildman–Crippen LogP) is 5.84. The maximum Gasteiger partial charge on any atom is 0.337 e. The predicted molar refractivity (Wildman–Crippen MR) is 123 cm³/mol. The molecule has 0 aliphatic carbocycles. The van der Waals surface area contributed by atoms with Crippen LogP contribution in [0.4, 0.5) is 0 Å². The molecule has 0 saturated carbocycles. The largest absolute Gasteiger partial charge is 0.487 e. The molecule has 1 aliphatic heterocycles. The average molecular weight is 436 g/mol. The summed E-state index contributed by atoms with van der Waals surface area (Å²) in [4.78, 5) is 16.5. The fourth-order valence-electron chi connectivity index (χ4n) is 3.75. The van der Waals surface area contributed by atoms with Crippen molar-refractivity contribution in [2.75, 3.05) is 6.79 Å². The maximum atomic E-state index is 11.9. The Balaban J connectivity index is 1.71. The Morgan fingerprint density at radius 1 is 1.00 bits per heavy atom. The van der Waals surface area contributed by atoms with Crippen molar-refractivity contribution in [2.45, 2.75) is 59.0 Å². The van der Waals surface area contributed by atoms with E-state index in [9.17, 15) is 9.90 Å². The molecular formula is C26H29NO5. The molecule has 4 rings (SSSR count). The Labute approximate surface area is 188 Å². The van der Waals surface area contributed by atoms with Gasteiger partial charge in [0.15, 0.2) is 11.5 Å². The number of carboxylic acid groups (broad SMARTS) is 1. The summed E-state index contributed by atoms with van der Waals surface area (Å²) in [6.07, 6.45) is 0. The first kappa shape index (κ1) is 21.9. The highest BCUT2D eigenvalue weighted by Gasteiger charge is 2.24. The number of ether oxygens (including phenoxy) is 3. The molecule has 1 aliphatic rings. The SMILES string of the molecule is CC(C)(C)c1ccc(OCc2nc3cc4c(cc3cc2C(=O)O)OCO4)c(C(C)(C)C)c1. The second kappa shape index (κ2) is 7.69. The molecule has 32 heavy (non-hydrogen) atoms. The summed E-state index contributed by atoms with van der Waals surface area (Å²) in [5, 5.41) is 10.5. The molecule has 168 valence electrons. The Bertz CT molecular complexity index is 1200. The van der Waals surface area contributed by atoms with Gasteiger partial charge in [-0.1, -0.05) is 53.7 Å². The van der Waals surface area contributed by atoms with Crippen molar-refractivity contribution in [3.05, 3.63) is 58.8 Å². The van der Waals surface area contributed by atoms with Crippen LogP contribution in [0.15, 0.2) is 36.4 Å². The number of aromatic nitrogens is 1. The number of nitrogens with zero attached hydrogens (tertiary/aromatic N) is 1. The Hall–Kier alpha value is -3.28. The van der Waals surface area contributed by atoms with E-state index in [0.29, 0.717) is 28.1 Å².